The van der Waals surface area contributed by atoms with Gasteiger partial charge < -0.3 is 25.6 Å². The number of hydrogen-bond donors (Lipinski definition) is 3. The lowest BCUT2D eigenvalue weighted by molar-refractivity contribution is 0.0194. The molecule has 12 nitrogen and oxygen atoms in total. The van der Waals surface area contributed by atoms with Crippen molar-refractivity contribution in [1.29, 1.82) is 0 Å². The molecule has 2 aliphatic rings. The molecule has 2 aromatic heterocycles. The minimum absolute atomic E-state index is 0.154. The van der Waals surface area contributed by atoms with Gasteiger partial charge in [0.15, 0.2) is 5.82 Å². The maximum atomic E-state index is 12.7. The molecule has 4 heterocycles. The Morgan fingerprint density at radius 2 is 1.88 bits per heavy atom. The molecule has 1 aromatic carbocycles. The number of carbonyl (C=O) groups excluding carboxylic acids is 2. The van der Waals surface area contributed by atoms with Gasteiger partial charge in [-0.3, -0.25) is 19.2 Å². The lowest BCUT2D eigenvalue weighted by Crippen LogP contribution is -2.41. The van der Waals surface area contributed by atoms with Crippen LogP contribution in [-0.2, 0) is 29.9 Å². The van der Waals surface area contributed by atoms with E-state index in [0.717, 1.165) is 33.9 Å². The molecule has 0 fully saturated rings. The van der Waals surface area contributed by atoms with Crippen molar-refractivity contribution < 1.29 is 14.3 Å². The number of aliphatic imine (C=N–C) groups is 1. The van der Waals surface area contributed by atoms with E-state index in [1.54, 1.807) is 22.0 Å². The summed E-state index contributed by atoms with van der Waals surface area (Å²) in [5.41, 5.74) is 4.67. The second-order valence-corrected chi connectivity index (χ2v) is 12.9. The summed E-state index contributed by atoms with van der Waals surface area (Å²) in [7, 11) is 0. The highest BCUT2D eigenvalue weighted by Crippen LogP contribution is 2.21. The number of amides is 2. The average Bonchev–Trinajstić information content (AvgIpc) is 3.58. The van der Waals surface area contributed by atoms with Crippen LogP contribution in [0.5, 0.6) is 0 Å². The third-order valence-electron chi connectivity index (χ3n) is 7.12. The Bertz CT molecular complexity index is 1580. The monoisotopic (exact) mass is 587 g/mol. The van der Waals surface area contributed by atoms with Gasteiger partial charge >= 0.3 is 6.09 Å². The Hall–Kier alpha value is -4.61. The highest BCUT2D eigenvalue weighted by molar-refractivity contribution is 6.09. The molecule has 2 amide bonds. The topological polar surface area (TPSA) is 131 Å². The lowest BCUT2D eigenvalue weighted by Gasteiger charge is -2.30. The largest absolute Gasteiger partial charge is 0.444 e. The van der Waals surface area contributed by atoms with Crippen LogP contribution in [0.15, 0.2) is 53.5 Å². The van der Waals surface area contributed by atoms with Gasteiger partial charge in [-0.25, -0.2) is 4.79 Å². The van der Waals surface area contributed by atoms with E-state index in [4.69, 9.17) is 4.74 Å². The summed E-state index contributed by atoms with van der Waals surface area (Å²) in [5, 5.41) is 18.6. The van der Waals surface area contributed by atoms with Gasteiger partial charge in [-0.1, -0.05) is 12.1 Å². The van der Waals surface area contributed by atoms with E-state index in [0.29, 0.717) is 44.2 Å². The maximum Gasteiger partial charge on any atom is 0.410 e. The van der Waals surface area contributed by atoms with Gasteiger partial charge in [-0.15, -0.1) is 0 Å². The predicted octanol–water partition coefficient (Wildman–Crippen LogP) is 4.13. The third-order valence-corrected chi connectivity index (χ3v) is 7.12. The fraction of sp³-hybridized carbons (Fsp3) is 0.452. The number of anilines is 1. The minimum Gasteiger partial charge on any atom is -0.444 e. The fourth-order valence-corrected chi connectivity index (χ4v) is 4.78. The quantitative estimate of drug-likeness (QED) is 0.395. The summed E-state index contributed by atoms with van der Waals surface area (Å²) in [6, 6.07) is 8.07. The average molecular weight is 588 g/mol. The van der Waals surface area contributed by atoms with Crippen LogP contribution in [0.4, 0.5) is 10.6 Å². The minimum atomic E-state index is -0.535. The summed E-state index contributed by atoms with van der Waals surface area (Å²) in [5.74, 6) is 1.32. The molecule has 0 spiro atoms. The van der Waals surface area contributed by atoms with Crippen molar-refractivity contribution in [3.63, 3.8) is 0 Å². The summed E-state index contributed by atoms with van der Waals surface area (Å²) < 4.78 is 9.24. The predicted molar refractivity (Wildman–Crippen MR) is 165 cm³/mol. The number of nitrogens with zero attached hydrogens (tertiary/aromatic N) is 6. The third kappa shape index (κ3) is 7.25. The zero-order valence-corrected chi connectivity index (χ0v) is 26.0. The zero-order valence-electron chi connectivity index (χ0n) is 26.0. The van der Waals surface area contributed by atoms with Crippen LogP contribution in [-0.4, -0.2) is 61.0 Å². The van der Waals surface area contributed by atoms with Crippen molar-refractivity contribution in [2.75, 3.05) is 18.5 Å². The SMILES string of the molecule is Cc1cc(C2=NCNC(Nc3cc4n(n3)CCN(C(=O)OC(C)(C)C)C4)=C2)ccc1CNC(=O)c1cnn(C(C)(C)C)c1. The Labute approximate surface area is 252 Å². The molecule has 228 valence electrons. The van der Waals surface area contributed by atoms with Crippen LogP contribution in [0, 0.1) is 6.92 Å². The molecule has 3 aromatic rings. The molecule has 0 radical (unpaired) electrons. The van der Waals surface area contributed by atoms with Crippen molar-refractivity contribution >= 4 is 23.5 Å². The molecular weight excluding hydrogens is 546 g/mol. The van der Waals surface area contributed by atoms with Crippen molar-refractivity contribution in [2.24, 2.45) is 4.99 Å². The van der Waals surface area contributed by atoms with Gasteiger partial charge in [-0.2, -0.15) is 10.2 Å². The van der Waals surface area contributed by atoms with E-state index in [9.17, 15) is 9.59 Å². The van der Waals surface area contributed by atoms with Gasteiger partial charge in [0.1, 0.15) is 18.1 Å². The van der Waals surface area contributed by atoms with Crippen molar-refractivity contribution in [1.82, 2.24) is 35.1 Å². The summed E-state index contributed by atoms with van der Waals surface area (Å²) in [4.78, 5) is 31.6. The number of hydrogen-bond acceptors (Lipinski definition) is 8. The first-order valence-electron chi connectivity index (χ1n) is 14.5. The highest BCUT2D eigenvalue weighted by Gasteiger charge is 2.27. The first-order valence-corrected chi connectivity index (χ1v) is 14.5. The van der Waals surface area contributed by atoms with E-state index in [1.165, 1.54) is 0 Å². The molecule has 43 heavy (non-hydrogen) atoms. The highest BCUT2D eigenvalue weighted by atomic mass is 16.6. The molecule has 0 bridgehead atoms. The molecule has 3 N–H and O–H groups in total. The first kappa shape index (κ1) is 29.9. The van der Waals surface area contributed by atoms with E-state index >= 15 is 0 Å². The smallest absolute Gasteiger partial charge is 0.410 e. The van der Waals surface area contributed by atoms with E-state index in [-0.39, 0.29) is 17.5 Å². The van der Waals surface area contributed by atoms with Gasteiger partial charge in [0.2, 0.25) is 0 Å². The number of benzene rings is 1. The second kappa shape index (κ2) is 11.6. The molecular formula is C31H41N9O3. The molecule has 0 saturated heterocycles. The lowest BCUT2D eigenvalue weighted by atomic mass is 10.0. The number of aromatic nitrogens is 4. The van der Waals surface area contributed by atoms with E-state index < -0.39 is 5.60 Å². The van der Waals surface area contributed by atoms with Crippen molar-refractivity contribution in [3.8, 4) is 0 Å². The molecule has 12 heteroatoms. The zero-order chi connectivity index (χ0) is 30.9. The van der Waals surface area contributed by atoms with Crippen LogP contribution in [0.25, 0.3) is 0 Å². The van der Waals surface area contributed by atoms with Crippen LogP contribution < -0.4 is 16.0 Å². The molecule has 0 saturated carbocycles. The molecule has 0 unspecified atom stereocenters. The Kier molecular flexibility index (Phi) is 8.04. The molecule has 0 atom stereocenters. The number of fused-ring (bicyclic) bond motifs is 1. The van der Waals surface area contributed by atoms with Crippen LogP contribution in [0.3, 0.4) is 0 Å². The fourth-order valence-electron chi connectivity index (χ4n) is 4.78. The van der Waals surface area contributed by atoms with E-state index in [1.807, 2.05) is 77.4 Å². The second-order valence-electron chi connectivity index (χ2n) is 12.9. The number of allylic oxidation sites excluding steroid dienone is 1. The molecule has 0 aliphatic carbocycles. The number of aryl methyl sites for hydroxylation is 1. The number of rotatable bonds is 6. The van der Waals surface area contributed by atoms with Crippen LogP contribution >= 0.6 is 0 Å². The number of carbonyl (C=O) groups is 2. The number of ether oxygens (including phenoxy) is 1. The maximum absolute atomic E-state index is 12.7. The van der Waals surface area contributed by atoms with Gasteiger partial charge in [0.25, 0.3) is 5.91 Å². The van der Waals surface area contributed by atoms with Crippen LogP contribution in [0.2, 0.25) is 0 Å². The van der Waals surface area contributed by atoms with Gasteiger partial charge in [-0.05, 0) is 65.7 Å². The van der Waals surface area contributed by atoms with E-state index in [2.05, 4.69) is 37.2 Å². The summed E-state index contributed by atoms with van der Waals surface area (Å²) >= 11 is 0. The Morgan fingerprint density at radius 1 is 1.09 bits per heavy atom. The summed E-state index contributed by atoms with van der Waals surface area (Å²) in [6.45, 7) is 16.2. The van der Waals surface area contributed by atoms with Gasteiger partial charge in [0.05, 0.1) is 41.8 Å². The van der Waals surface area contributed by atoms with Crippen molar-refractivity contribution in [2.45, 2.75) is 79.2 Å². The molecule has 5 rings (SSSR count). The first-order chi connectivity index (χ1) is 20.2. The Balaban J connectivity index is 1.20. The summed E-state index contributed by atoms with van der Waals surface area (Å²) in [6.07, 6.45) is 5.01. The standard InChI is InChI=1S/C31H41N9O3/c1-20-12-21(8-9-22(20)15-32-28(41)23-16-35-40(17-23)30(2,3)4)25-14-26(34-19-33-25)36-27-13-24-18-38(10-11-39(24)37-27)29(42)43-31(5,6)7/h8-9,12-14,16-17,34H,10-11,15,18-19H2,1-7H3,(H,32,41)(H,36,37). The van der Waals surface area contributed by atoms with Gasteiger partial charge in [0, 0.05) is 37.0 Å². The molecule has 2 aliphatic heterocycles. The Morgan fingerprint density at radius 3 is 2.58 bits per heavy atom. The van der Waals surface area contributed by atoms with Crippen LogP contribution in [0.1, 0.15) is 74.3 Å². The van der Waals surface area contributed by atoms with Crippen molar-refractivity contribution in [3.05, 3.63) is 76.5 Å². The number of nitrogens with one attached hydrogen (secondary N) is 3. The normalized spacial score (nSPS) is 15.2.